The Morgan fingerprint density at radius 1 is 1.00 bits per heavy atom. The topological polar surface area (TPSA) is 26.3 Å². The smallest absolute Gasteiger partial charge is 0.341 e. The van der Waals surface area contributed by atoms with Crippen molar-refractivity contribution in [3.05, 3.63) is 69.9 Å². The zero-order valence-electron chi connectivity index (χ0n) is 14.7. The molecule has 0 atom stereocenters. The van der Waals surface area contributed by atoms with Gasteiger partial charge in [-0.15, -0.1) is 0 Å². The average molecular weight is 407 g/mol. The van der Waals surface area contributed by atoms with Gasteiger partial charge in [0.15, 0.2) is 0 Å². The standard InChI is InChI=1S/C19H18BrFO2.C2H6/c20-15-9-5-13(6-10-15)14-7-11-16(12-8-14)23-19(22)17-3-1-2-4-18(17)21;1-2/h1-6,9-10,14,16H,7-8,11-12H2;1-2H3. The summed E-state index contributed by atoms with van der Waals surface area (Å²) in [6.45, 7) is 4.00. The van der Waals surface area contributed by atoms with E-state index in [0.717, 1.165) is 30.2 Å². The predicted molar refractivity (Wildman–Crippen MR) is 102 cm³/mol. The van der Waals surface area contributed by atoms with Crippen molar-refractivity contribution in [1.29, 1.82) is 0 Å². The molecule has 0 saturated heterocycles. The number of rotatable bonds is 3. The molecule has 0 bridgehead atoms. The quantitative estimate of drug-likeness (QED) is 0.543. The lowest BCUT2D eigenvalue weighted by Crippen LogP contribution is -2.24. The third kappa shape index (κ3) is 5.40. The van der Waals surface area contributed by atoms with E-state index in [1.807, 2.05) is 13.8 Å². The maximum Gasteiger partial charge on any atom is 0.341 e. The van der Waals surface area contributed by atoms with E-state index in [1.165, 1.54) is 17.7 Å². The molecular formula is C21H24BrFO2. The van der Waals surface area contributed by atoms with Crippen LogP contribution in [0.5, 0.6) is 0 Å². The SMILES string of the molecule is CC.O=C(OC1CCC(c2ccc(Br)cc2)CC1)c1ccccc1F. The fourth-order valence-corrected chi connectivity index (χ4v) is 3.35. The van der Waals surface area contributed by atoms with Gasteiger partial charge in [-0.25, -0.2) is 9.18 Å². The molecule has 0 unspecified atom stereocenters. The Kier molecular flexibility index (Phi) is 7.63. The first-order valence-electron chi connectivity index (χ1n) is 8.84. The molecule has 1 saturated carbocycles. The highest BCUT2D eigenvalue weighted by Crippen LogP contribution is 2.34. The average Bonchev–Trinajstić information content (AvgIpc) is 2.65. The summed E-state index contributed by atoms with van der Waals surface area (Å²) >= 11 is 3.45. The number of ether oxygens (including phenoxy) is 1. The van der Waals surface area contributed by atoms with Crippen LogP contribution in [0.15, 0.2) is 53.0 Å². The minimum absolute atomic E-state index is 0.0162. The van der Waals surface area contributed by atoms with Gasteiger partial charge >= 0.3 is 5.97 Å². The zero-order chi connectivity index (χ0) is 18.2. The van der Waals surface area contributed by atoms with E-state index in [9.17, 15) is 9.18 Å². The van der Waals surface area contributed by atoms with E-state index in [1.54, 1.807) is 12.1 Å². The second-order valence-electron chi connectivity index (χ2n) is 5.91. The number of benzene rings is 2. The highest BCUT2D eigenvalue weighted by Gasteiger charge is 2.26. The lowest BCUT2D eigenvalue weighted by Gasteiger charge is -2.28. The third-order valence-electron chi connectivity index (χ3n) is 4.38. The van der Waals surface area contributed by atoms with Crippen LogP contribution in [-0.4, -0.2) is 12.1 Å². The van der Waals surface area contributed by atoms with Crippen molar-refractivity contribution < 1.29 is 13.9 Å². The van der Waals surface area contributed by atoms with E-state index >= 15 is 0 Å². The summed E-state index contributed by atoms with van der Waals surface area (Å²) in [6.07, 6.45) is 3.49. The summed E-state index contributed by atoms with van der Waals surface area (Å²) in [4.78, 5) is 12.1. The lowest BCUT2D eigenvalue weighted by atomic mass is 9.83. The van der Waals surface area contributed by atoms with Crippen molar-refractivity contribution in [2.75, 3.05) is 0 Å². The van der Waals surface area contributed by atoms with E-state index < -0.39 is 11.8 Å². The fraction of sp³-hybridized carbons (Fsp3) is 0.381. The van der Waals surface area contributed by atoms with Crippen molar-refractivity contribution in [2.24, 2.45) is 0 Å². The van der Waals surface area contributed by atoms with Gasteiger partial charge in [0.05, 0.1) is 5.56 Å². The Hall–Kier alpha value is -1.68. The maximum atomic E-state index is 13.6. The van der Waals surface area contributed by atoms with Gasteiger partial charge in [0, 0.05) is 4.47 Å². The van der Waals surface area contributed by atoms with Crippen LogP contribution < -0.4 is 0 Å². The third-order valence-corrected chi connectivity index (χ3v) is 4.91. The minimum atomic E-state index is -0.560. The van der Waals surface area contributed by atoms with Gasteiger partial charge in [0.1, 0.15) is 11.9 Å². The lowest BCUT2D eigenvalue weighted by molar-refractivity contribution is 0.0190. The van der Waals surface area contributed by atoms with Crippen LogP contribution in [0, 0.1) is 5.82 Å². The van der Waals surface area contributed by atoms with Gasteiger partial charge in [0.25, 0.3) is 0 Å². The van der Waals surface area contributed by atoms with Crippen LogP contribution in [0.1, 0.15) is 61.4 Å². The molecule has 2 aromatic rings. The number of hydrogen-bond acceptors (Lipinski definition) is 2. The molecule has 0 radical (unpaired) electrons. The number of esters is 1. The molecule has 134 valence electrons. The summed E-state index contributed by atoms with van der Waals surface area (Å²) in [5.41, 5.74) is 1.34. The van der Waals surface area contributed by atoms with E-state index in [-0.39, 0.29) is 11.7 Å². The molecule has 3 rings (SSSR count). The van der Waals surface area contributed by atoms with E-state index in [4.69, 9.17) is 4.74 Å². The van der Waals surface area contributed by atoms with E-state index in [0.29, 0.717) is 5.92 Å². The molecule has 0 aromatic heterocycles. The summed E-state index contributed by atoms with van der Waals surface area (Å²) in [5, 5.41) is 0. The molecule has 25 heavy (non-hydrogen) atoms. The summed E-state index contributed by atoms with van der Waals surface area (Å²) in [6, 6.07) is 14.3. The first-order chi connectivity index (χ1) is 12.1. The molecular weight excluding hydrogens is 383 g/mol. The molecule has 0 heterocycles. The monoisotopic (exact) mass is 406 g/mol. The van der Waals surface area contributed by atoms with Gasteiger partial charge < -0.3 is 4.74 Å². The largest absolute Gasteiger partial charge is 0.459 e. The van der Waals surface area contributed by atoms with Crippen molar-refractivity contribution in [3.63, 3.8) is 0 Å². The summed E-state index contributed by atoms with van der Waals surface area (Å²) < 4.78 is 20.2. The number of carbonyl (C=O) groups excluding carboxylic acids is 1. The van der Waals surface area contributed by atoms with Crippen LogP contribution in [0.4, 0.5) is 4.39 Å². The normalized spacial score (nSPS) is 19.5. The summed E-state index contributed by atoms with van der Waals surface area (Å²) in [7, 11) is 0. The number of carbonyl (C=O) groups is 1. The van der Waals surface area contributed by atoms with Crippen molar-refractivity contribution >= 4 is 21.9 Å². The molecule has 0 spiro atoms. The molecule has 0 amide bonds. The highest BCUT2D eigenvalue weighted by atomic mass is 79.9. The molecule has 1 fully saturated rings. The second kappa shape index (κ2) is 9.71. The van der Waals surface area contributed by atoms with Crippen LogP contribution in [0.3, 0.4) is 0 Å². The number of halogens is 2. The maximum absolute atomic E-state index is 13.6. The highest BCUT2D eigenvalue weighted by molar-refractivity contribution is 9.10. The van der Waals surface area contributed by atoms with Crippen LogP contribution in [0.2, 0.25) is 0 Å². The van der Waals surface area contributed by atoms with Gasteiger partial charge in [-0.1, -0.05) is 54.0 Å². The Balaban J connectivity index is 0.00000109. The molecule has 1 aliphatic rings. The number of hydrogen-bond donors (Lipinski definition) is 0. The van der Waals surface area contributed by atoms with Crippen LogP contribution >= 0.6 is 15.9 Å². The molecule has 2 nitrogen and oxygen atoms in total. The van der Waals surface area contributed by atoms with Crippen LogP contribution in [-0.2, 0) is 4.74 Å². The Morgan fingerprint density at radius 2 is 1.60 bits per heavy atom. The van der Waals surface area contributed by atoms with Crippen molar-refractivity contribution in [3.8, 4) is 0 Å². The van der Waals surface area contributed by atoms with Gasteiger partial charge in [0.2, 0.25) is 0 Å². The van der Waals surface area contributed by atoms with E-state index in [2.05, 4.69) is 40.2 Å². The van der Waals surface area contributed by atoms with Crippen LogP contribution in [0.25, 0.3) is 0 Å². The molecule has 0 aliphatic heterocycles. The molecule has 2 aromatic carbocycles. The first-order valence-corrected chi connectivity index (χ1v) is 9.64. The van der Waals surface area contributed by atoms with Crippen molar-refractivity contribution in [2.45, 2.75) is 51.6 Å². The molecule has 1 aliphatic carbocycles. The Bertz CT molecular complexity index is 677. The minimum Gasteiger partial charge on any atom is -0.459 e. The molecule has 4 heteroatoms. The van der Waals surface area contributed by atoms with Gasteiger partial charge in [-0.05, 0) is 61.4 Å². The van der Waals surface area contributed by atoms with Gasteiger partial charge in [-0.2, -0.15) is 0 Å². The predicted octanol–water partition coefficient (Wildman–Crippen LogP) is 6.50. The summed E-state index contributed by atoms with van der Waals surface area (Å²) in [5.74, 6) is -0.581. The van der Waals surface area contributed by atoms with Crippen molar-refractivity contribution in [1.82, 2.24) is 0 Å². The van der Waals surface area contributed by atoms with Gasteiger partial charge in [-0.3, -0.25) is 0 Å². The zero-order valence-corrected chi connectivity index (χ0v) is 16.3. The Labute approximate surface area is 157 Å². The molecule has 0 N–H and O–H groups in total. The fourth-order valence-electron chi connectivity index (χ4n) is 3.09. The second-order valence-corrected chi connectivity index (χ2v) is 6.83. The Morgan fingerprint density at radius 3 is 2.20 bits per heavy atom. The first kappa shape index (κ1) is 19.6.